The summed E-state index contributed by atoms with van der Waals surface area (Å²) in [5.41, 5.74) is 5.47. The van der Waals surface area contributed by atoms with Crippen molar-refractivity contribution in [3.05, 3.63) is 97.8 Å². The molecule has 0 N–H and O–H groups in total. The summed E-state index contributed by atoms with van der Waals surface area (Å²) in [4.78, 5) is 0. The van der Waals surface area contributed by atoms with Gasteiger partial charge >= 0.3 is 30.2 Å². The van der Waals surface area contributed by atoms with E-state index in [4.69, 9.17) is 0 Å². The Hall–Kier alpha value is -1.18. The molecule has 0 heterocycles. The summed E-state index contributed by atoms with van der Waals surface area (Å²) in [5.74, 6) is 0. The standard InChI is InChI=1S/2C11H7.2CH3.2ClH.Si.Zr/c2*1-2-8-4-6-10-7-5-9(3-1)11(8)10;;;;;;/h2*1-7H;2*1H3;2*1H;;/q4*-1;;;;. The van der Waals surface area contributed by atoms with Gasteiger partial charge in [-0.15, -0.1) is 118 Å². The van der Waals surface area contributed by atoms with E-state index < -0.39 is 0 Å². The molecular formula is C24H22Cl2SiZr-4. The average molecular weight is 501 g/mol. The van der Waals surface area contributed by atoms with Crippen molar-refractivity contribution in [1.82, 2.24) is 0 Å². The van der Waals surface area contributed by atoms with Crippen molar-refractivity contribution >= 4 is 77.5 Å². The molecule has 4 aromatic rings. The zero-order valence-electron chi connectivity index (χ0n) is 15.9. The molecule has 0 fully saturated rings. The van der Waals surface area contributed by atoms with Crippen LogP contribution in [0.5, 0.6) is 0 Å². The van der Waals surface area contributed by atoms with E-state index in [1.807, 2.05) is 0 Å². The second-order valence-corrected chi connectivity index (χ2v) is 5.87. The molecule has 0 bridgehead atoms. The van der Waals surface area contributed by atoms with Crippen molar-refractivity contribution < 1.29 is 23.3 Å². The van der Waals surface area contributed by atoms with Crippen LogP contribution in [0.4, 0.5) is 0 Å². The van der Waals surface area contributed by atoms with Crippen LogP contribution >= 0.6 is 24.8 Å². The second-order valence-electron chi connectivity index (χ2n) is 5.87. The third kappa shape index (κ3) is 4.69. The minimum absolute atomic E-state index is 0. The Morgan fingerprint density at radius 3 is 1.32 bits per heavy atom. The normalized spacial score (nSPS) is 10.4. The van der Waals surface area contributed by atoms with Gasteiger partial charge in [-0.3, -0.25) is 0 Å². The molecule has 0 aliphatic heterocycles. The molecule has 0 amide bonds. The van der Waals surface area contributed by atoms with Crippen LogP contribution in [-0.2, 0) is 23.3 Å². The molecule has 6 rings (SSSR count). The van der Waals surface area contributed by atoms with Crippen molar-refractivity contribution in [3.63, 3.8) is 0 Å². The predicted octanol–water partition coefficient (Wildman–Crippen LogP) is 7.45. The molecule has 0 atom stereocenters. The van der Waals surface area contributed by atoms with Crippen LogP contribution in [0.15, 0.2) is 60.7 Å². The third-order valence-corrected chi connectivity index (χ3v) is 4.60. The van der Waals surface area contributed by atoms with E-state index in [1.165, 1.54) is 67.1 Å². The number of hydrogen-bond acceptors (Lipinski definition) is 0. The van der Waals surface area contributed by atoms with Crippen molar-refractivity contribution in [3.8, 4) is 0 Å². The summed E-state index contributed by atoms with van der Waals surface area (Å²) < 4.78 is 0. The first-order valence-corrected chi connectivity index (χ1v) is 12.1. The van der Waals surface area contributed by atoms with E-state index in [9.17, 15) is 0 Å². The Bertz CT molecular complexity index is 1010. The monoisotopic (exact) mass is 498 g/mol. The average Bonchev–Trinajstić information content (AvgIpc) is 3.41. The van der Waals surface area contributed by atoms with E-state index >= 15 is 0 Å². The summed E-state index contributed by atoms with van der Waals surface area (Å²) in [6.07, 6.45) is 8.71. The fourth-order valence-corrected chi connectivity index (χ4v) is 3.56. The summed E-state index contributed by atoms with van der Waals surface area (Å²) in [5, 5.41) is 5.57. The van der Waals surface area contributed by atoms with Crippen LogP contribution in [0.2, 0.25) is 0 Å². The summed E-state index contributed by atoms with van der Waals surface area (Å²) >= 11 is 1.36. The van der Waals surface area contributed by atoms with Crippen LogP contribution in [0.3, 0.4) is 0 Å². The Morgan fingerprint density at radius 2 is 0.929 bits per heavy atom. The second kappa shape index (κ2) is 11.7. The molecule has 4 heteroatoms. The van der Waals surface area contributed by atoms with Crippen molar-refractivity contribution in [2.75, 3.05) is 0 Å². The third-order valence-electron chi connectivity index (χ3n) is 4.60. The van der Waals surface area contributed by atoms with Gasteiger partial charge in [-0.2, -0.15) is 0 Å². The van der Waals surface area contributed by atoms with E-state index in [2.05, 4.69) is 91.8 Å². The Kier molecular flexibility index (Phi) is 11.2. The van der Waals surface area contributed by atoms with Gasteiger partial charge in [0, 0.05) is 0 Å². The molecule has 0 aromatic heterocycles. The van der Waals surface area contributed by atoms with E-state index in [-0.39, 0.29) is 39.7 Å². The SMILES string of the molecule is C1=Cc2c[cH-]c3cccc1c23.C1=Cc2c[cH-]c3cccc1c23.Cl.Cl.[CH3-].[CH3-].[Si]=[Zr]. The van der Waals surface area contributed by atoms with Gasteiger partial charge in [0.05, 0.1) is 0 Å². The van der Waals surface area contributed by atoms with Crippen molar-refractivity contribution in [2.45, 2.75) is 0 Å². The van der Waals surface area contributed by atoms with Gasteiger partial charge in [0.1, 0.15) is 0 Å². The maximum atomic E-state index is 3.06. The fraction of sp³-hybridized carbons (Fsp3) is 0. The quantitative estimate of drug-likeness (QED) is 0.150. The van der Waals surface area contributed by atoms with Gasteiger partial charge in [-0.1, -0.05) is 35.4 Å². The fourth-order valence-electron chi connectivity index (χ4n) is 3.56. The molecule has 0 nitrogen and oxygen atoms in total. The van der Waals surface area contributed by atoms with Crippen LogP contribution in [0, 0.1) is 14.9 Å². The molecular weight excluding hydrogens is 478 g/mol. The first-order valence-electron chi connectivity index (χ1n) is 7.88. The van der Waals surface area contributed by atoms with Gasteiger partial charge in [0.25, 0.3) is 0 Å². The number of hydrogen-bond donors (Lipinski definition) is 0. The molecule has 144 valence electrons. The van der Waals surface area contributed by atoms with Gasteiger partial charge in [-0.05, 0) is 0 Å². The molecule has 28 heavy (non-hydrogen) atoms. The molecule has 0 spiro atoms. The Labute approximate surface area is 197 Å². The zero-order valence-corrected chi connectivity index (χ0v) is 21.0. The number of rotatable bonds is 0. The van der Waals surface area contributed by atoms with E-state index in [1.54, 1.807) is 0 Å². The van der Waals surface area contributed by atoms with Gasteiger partial charge in [0.15, 0.2) is 0 Å². The number of halogens is 2. The molecule has 2 aliphatic rings. The predicted molar refractivity (Wildman–Crippen MR) is 130 cm³/mol. The Morgan fingerprint density at radius 1 is 0.571 bits per heavy atom. The van der Waals surface area contributed by atoms with Gasteiger partial charge in [0.2, 0.25) is 0 Å². The summed E-state index contributed by atoms with van der Waals surface area (Å²) in [7, 11) is 0. The first kappa shape index (κ1) is 26.8. The molecule has 0 saturated heterocycles. The molecule has 0 saturated carbocycles. The van der Waals surface area contributed by atoms with Gasteiger partial charge in [-0.25, -0.2) is 0 Å². The van der Waals surface area contributed by atoms with Crippen LogP contribution in [0.1, 0.15) is 22.3 Å². The van der Waals surface area contributed by atoms with Crippen LogP contribution < -0.4 is 0 Å². The molecule has 2 radical (unpaired) electrons. The first-order chi connectivity index (χ1) is 11.9. The van der Waals surface area contributed by atoms with E-state index in [0.29, 0.717) is 0 Å². The molecule has 0 unspecified atom stereocenters. The molecule has 4 aromatic carbocycles. The Balaban J connectivity index is 0.000000423. The van der Waals surface area contributed by atoms with Crippen molar-refractivity contribution in [2.24, 2.45) is 0 Å². The van der Waals surface area contributed by atoms with Crippen molar-refractivity contribution in [1.29, 1.82) is 0 Å². The summed E-state index contributed by atoms with van der Waals surface area (Å²) in [6.45, 7) is 3.06. The molecule has 2 aliphatic carbocycles. The maximum absolute atomic E-state index is 3.06. The number of benzene rings is 2. The minimum atomic E-state index is 0. The van der Waals surface area contributed by atoms with Crippen LogP contribution in [-0.4, -0.2) is 6.88 Å². The summed E-state index contributed by atoms with van der Waals surface area (Å²) in [6, 6.07) is 21.6. The van der Waals surface area contributed by atoms with E-state index in [0.717, 1.165) is 0 Å². The van der Waals surface area contributed by atoms with Gasteiger partial charge < -0.3 is 14.9 Å². The van der Waals surface area contributed by atoms with Crippen LogP contribution in [0.25, 0.3) is 45.8 Å². The zero-order chi connectivity index (χ0) is 16.5. The topological polar surface area (TPSA) is 0 Å².